The molecule has 1 amide bonds. The van der Waals surface area contributed by atoms with Crippen LogP contribution in [0.4, 0.5) is 4.39 Å². The van der Waals surface area contributed by atoms with Crippen LogP contribution in [0.15, 0.2) is 40.8 Å². The maximum atomic E-state index is 13.7. The van der Waals surface area contributed by atoms with Gasteiger partial charge < -0.3 is 15.1 Å². The Morgan fingerprint density at radius 3 is 2.87 bits per heavy atom. The van der Waals surface area contributed by atoms with Crippen molar-refractivity contribution in [2.45, 2.75) is 19.3 Å². The van der Waals surface area contributed by atoms with Crippen molar-refractivity contribution < 1.29 is 13.6 Å². The molecule has 1 aliphatic rings. The number of rotatable bonds is 5. The predicted molar refractivity (Wildman–Crippen MR) is 86.2 cm³/mol. The summed E-state index contributed by atoms with van der Waals surface area (Å²) in [7, 11) is 0. The SMILES string of the molecule is NCC1CCN(C(=O)CCc2ccc(-c3ccccc3F)o2)C1. The molecule has 122 valence electrons. The van der Waals surface area contributed by atoms with E-state index in [4.69, 9.17) is 10.2 Å². The lowest BCUT2D eigenvalue weighted by Gasteiger charge is -2.15. The highest BCUT2D eigenvalue weighted by Gasteiger charge is 2.25. The molecule has 2 heterocycles. The van der Waals surface area contributed by atoms with E-state index in [2.05, 4.69) is 0 Å². The molecule has 1 aliphatic heterocycles. The van der Waals surface area contributed by atoms with Crippen LogP contribution < -0.4 is 5.73 Å². The highest BCUT2D eigenvalue weighted by Crippen LogP contribution is 2.25. The zero-order chi connectivity index (χ0) is 16.2. The molecule has 0 saturated carbocycles. The van der Waals surface area contributed by atoms with Gasteiger partial charge in [-0.3, -0.25) is 4.79 Å². The molecule has 0 aliphatic carbocycles. The van der Waals surface area contributed by atoms with Crippen LogP contribution in [0.3, 0.4) is 0 Å². The minimum atomic E-state index is -0.311. The van der Waals surface area contributed by atoms with Crippen molar-refractivity contribution in [3.8, 4) is 11.3 Å². The van der Waals surface area contributed by atoms with E-state index in [9.17, 15) is 9.18 Å². The first-order valence-electron chi connectivity index (χ1n) is 7.99. The molecule has 4 nitrogen and oxygen atoms in total. The number of nitrogens with zero attached hydrogens (tertiary/aromatic N) is 1. The van der Waals surface area contributed by atoms with E-state index in [1.807, 2.05) is 11.0 Å². The Bertz CT molecular complexity index is 683. The van der Waals surface area contributed by atoms with Crippen molar-refractivity contribution in [2.75, 3.05) is 19.6 Å². The third-order valence-corrected chi connectivity index (χ3v) is 4.36. The smallest absolute Gasteiger partial charge is 0.223 e. The summed E-state index contributed by atoms with van der Waals surface area (Å²) in [6.45, 7) is 2.18. The lowest BCUT2D eigenvalue weighted by Crippen LogP contribution is -2.29. The number of likely N-dealkylation sites (tertiary alicyclic amines) is 1. The van der Waals surface area contributed by atoms with Crippen LogP contribution in [0.2, 0.25) is 0 Å². The largest absolute Gasteiger partial charge is 0.461 e. The first-order valence-corrected chi connectivity index (χ1v) is 7.99. The monoisotopic (exact) mass is 316 g/mol. The number of amides is 1. The standard InChI is InChI=1S/C18H21FN2O2/c19-16-4-2-1-3-15(16)17-7-5-14(23-17)6-8-18(22)21-10-9-13(11-20)12-21/h1-5,7,13H,6,8-12,20H2. The molecule has 1 aromatic heterocycles. The van der Waals surface area contributed by atoms with Crippen LogP contribution in [0.1, 0.15) is 18.6 Å². The number of benzene rings is 1. The maximum absolute atomic E-state index is 13.7. The number of carbonyl (C=O) groups excluding carboxylic acids is 1. The second-order valence-electron chi connectivity index (χ2n) is 5.98. The number of hydrogen-bond acceptors (Lipinski definition) is 3. The van der Waals surface area contributed by atoms with Gasteiger partial charge in [-0.15, -0.1) is 0 Å². The first-order chi connectivity index (χ1) is 11.2. The van der Waals surface area contributed by atoms with Crippen molar-refractivity contribution in [1.29, 1.82) is 0 Å². The van der Waals surface area contributed by atoms with E-state index in [0.29, 0.717) is 42.4 Å². The molecule has 0 spiro atoms. The normalized spacial score (nSPS) is 17.7. The fraction of sp³-hybridized carbons (Fsp3) is 0.389. The van der Waals surface area contributed by atoms with Gasteiger partial charge in [0.05, 0.1) is 5.56 Å². The number of halogens is 1. The molecule has 1 aromatic carbocycles. The number of nitrogens with two attached hydrogens (primary N) is 1. The number of carbonyl (C=O) groups is 1. The van der Waals surface area contributed by atoms with Gasteiger partial charge in [0, 0.05) is 25.9 Å². The van der Waals surface area contributed by atoms with Gasteiger partial charge in [0.25, 0.3) is 0 Å². The second kappa shape index (κ2) is 6.96. The summed E-state index contributed by atoms with van der Waals surface area (Å²) < 4.78 is 19.4. The minimum absolute atomic E-state index is 0.129. The van der Waals surface area contributed by atoms with Gasteiger partial charge in [0.1, 0.15) is 17.3 Å². The summed E-state index contributed by atoms with van der Waals surface area (Å²) in [6.07, 6.45) is 1.92. The topological polar surface area (TPSA) is 59.5 Å². The molecule has 3 rings (SSSR count). The molecule has 23 heavy (non-hydrogen) atoms. The number of furan rings is 1. The van der Waals surface area contributed by atoms with Crippen molar-refractivity contribution >= 4 is 5.91 Å². The Kier molecular flexibility index (Phi) is 4.76. The molecule has 2 N–H and O–H groups in total. The van der Waals surface area contributed by atoms with Crippen molar-refractivity contribution in [3.05, 3.63) is 48.0 Å². The van der Waals surface area contributed by atoms with E-state index in [0.717, 1.165) is 19.5 Å². The predicted octanol–water partition coefficient (Wildman–Crippen LogP) is 2.83. The third-order valence-electron chi connectivity index (χ3n) is 4.36. The Morgan fingerprint density at radius 2 is 2.13 bits per heavy atom. The Labute approximate surface area is 135 Å². The Balaban J connectivity index is 1.58. The fourth-order valence-electron chi connectivity index (χ4n) is 2.96. The fourth-order valence-corrected chi connectivity index (χ4v) is 2.96. The summed E-state index contributed by atoms with van der Waals surface area (Å²) in [6, 6.07) is 10.1. The summed E-state index contributed by atoms with van der Waals surface area (Å²) in [5.74, 6) is 1.44. The number of hydrogen-bond donors (Lipinski definition) is 1. The highest BCUT2D eigenvalue weighted by molar-refractivity contribution is 5.76. The van der Waals surface area contributed by atoms with E-state index >= 15 is 0 Å². The first kappa shape index (κ1) is 15.7. The van der Waals surface area contributed by atoms with Gasteiger partial charge in [0.15, 0.2) is 0 Å². The summed E-state index contributed by atoms with van der Waals surface area (Å²) in [5, 5.41) is 0. The van der Waals surface area contributed by atoms with Gasteiger partial charge in [-0.1, -0.05) is 12.1 Å². The zero-order valence-electron chi connectivity index (χ0n) is 13.0. The van der Waals surface area contributed by atoms with Crippen molar-refractivity contribution in [3.63, 3.8) is 0 Å². The molecule has 2 aromatic rings. The van der Waals surface area contributed by atoms with Gasteiger partial charge in [0.2, 0.25) is 5.91 Å². The lowest BCUT2D eigenvalue weighted by molar-refractivity contribution is -0.130. The molecular formula is C18H21FN2O2. The van der Waals surface area contributed by atoms with Crippen LogP contribution in [-0.4, -0.2) is 30.4 Å². The minimum Gasteiger partial charge on any atom is -0.461 e. The summed E-state index contributed by atoms with van der Waals surface area (Å²) in [5.41, 5.74) is 6.09. The molecular weight excluding hydrogens is 295 g/mol. The van der Waals surface area contributed by atoms with Crippen molar-refractivity contribution in [1.82, 2.24) is 4.90 Å². The van der Waals surface area contributed by atoms with Gasteiger partial charge in [-0.25, -0.2) is 4.39 Å². The van der Waals surface area contributed by atoms with Crippen molar-refractivity contribution in [2.24, 2.45) is 11.7 Å². The Hall–Kier alpha value is -2.14. The van der Waals surface area contributed by atoms with Crippen LogP contribution in [0, 0.1) is 11.7 Å². The van der Waals surface area contributed by atoms with Crippen LogP contribution in [-0.2, 0) is 11.2 Å². The number of aryl methyl sites for hydroxylation is 1. The van der Waals surface area contributed by atoms with E-state index in [1.165, 1.54) is 6.07 Å². The summed E-state index contributed by atoms with van der Waals surface area (Å²) >= 11 is 0. The van der Waals surface area contributed by atoms with Crippen LogP contribution in [0.5, 0.6) is 0 Å². The molecule has 0 radical (unpaired) electrons. The third kappa shape index (κ3) is 3.62. The lowest BCUT2D eigenvalue weighted by atomic mass is 10.1. The van der Waals surface area contributed by atoms with Crippen LogP contribution >= 0.6 is 0 Å². The second-order valence-corrected chi connectivity index (χ2v) is 5.98. The average Bonchev–Trinajstić information content (AvgIpc) is 3.22. The van der Waals surface area contributed by atoms with Gasteiger partial charge in [-0.2, -0.15) is 0 Å². The van der Waals surface area contributed by atoms with Gasteiger partial charge in [-0.05, 0) is 43.1 Å². The average molecular weight is 316 g/mol. The van der Waals surface area contributed by atoms with E-state index < -0.39 is 0 Å². The van der Waals surface area contributed by atoms with Gasteiger partial charge >= 0.3 is 0 Å². The van der Waals surface area contributed by atoms with E-state index in [-0.39, 0.29) is 11.7 Å². The Morgan fingerprint density at radius 1 is 1.30 bits per heavy atom. The quantitative estimate of drug-likeness (QED) is 0.923. The summed E-state index contributed by atoms with van der Waals surface area (Å²) in [4.78, 5) is 14.1. The molecule has 5 heteroatoms. The molecule has 1 saturated heterocycles. The zero-order valence-corrected chi connectivity index (χ0v) is 13.0. The molecule has 0 bridgehead atoms. The molecule has 1 atom stereocenters. The van der Waals surface area contributed by atoms with E-state index in [1.54, 1.807) is 24.3 Å². The maximum Gasteiger partial charge on any atom is 0.223 e. The highest BCUT2D eigenvalue weighted by atomic mass is 19.1. The molecule has 1 unspecified atom stereocenters. The molecule has 1 fully saturated rings. The van der Waals surface area contributed by atoms with Crippen LogP contribution in [0.25, 0.3) is 11.3 Å².